The fourth-order valence-corrected chi connectivity index (χ4v) is 6.58. The number of anilines is 1. The van der Waals surface area contributed by atoms with Crippen LogP contribution in [0.5, 0.6) is 0 Å². The number of carbonyl (C=O) groups is 2. The summed E-state index contributed by atoms with van der Waals surface area (Å²) in [5.74, 6) is 2.41. The summed E-state index contributed by atoms with van der Waals surface area (Å²) in [6.07, 6.45) is 8.20. The summed E-state index contributed by atoms with van der Waals surface area (Å²) in [6, 6.07) is 6.72. The van der Waals surface area contributed by atoms with E-state index in [1.807, 2.05) is 0 Å². The molecule has 0 unspecified atom stereocenters. The third kappa shape index (κ3) is 2.61. The van der Waals surface area contributed by atoms with Crippen molar-refractivity contribution in [2.45, 2.75) is 56.5 Å². The first-order chi connectivity index (χ1) is 12.0. The maximum Gasteiger partial charge on any atom is 0.292 e. The van der Waals surface area contributed by atoms with Crippen LogP contribution in [-0.2, 0) is 9.59 Å². The van der Waals surface area contributed by atoms with Crippen molar-refractivity contribution >= 4 is 29.1 Å². The summed E-state index contributed by atoms with van der Waals surface area (Å²) >= 11 is 5.93. The molecule has 1 atom stereocenters. The molecule has 2 N–H and O–H groups in total. The molecular weight excluding hydrogens is 336 g/mol. The van der Waals surface area contributed by atoms with Crippen molar-refractivity contribution in [1.29, 1.82) is 0 Å². The number of halogens is 1. The van der Waals surface area contributed by atoms with Gasteiger partial charge in [0.05, 0.1) is 17.6 Å². The van der Waals surface area contributed by atoms with Crippen LogP contribution in [0.1, 0.15) is 44.9 Å². The number of hydrogen-bond acceptors (Lipinski definition) is 2. The first-order valence-corrected chi connectivity index (χ1v) is 9.87. The zero-order valence-electron chi connectivity index (χ0n) is 14.3. The smallest absolute Gasteiger partial charge is 0.292 e. The van der Waals surface area contributed by atoms with Gasteiger partial charge in [0.15, 0.2) is 6.04 Å². The van der Waals surface area contributed by atoms with Gasteiger partial charge in [0.2, 0.25) is 5.91 Å². The zero-order chi connectivity index (χ0) is 17.2. The number of amides is 2. The topological polar surface area (TPSA) is 54.0 Å². The van der Waals surface area contributed by atoms with Crippen LogP contribution in [0.3, 0.4) is 0 Å². The molecule has 1 heterocycles. The Labute approximate surface area is 152 Å². The van der Waals surface area contributed by atoms with Gasteiger partial charge in [0.1, 0.15) is 0 Å². The Morgan fingerprint density at radius 3 is 2.08 bits per heavy atom. The van der Waals surface area contributed by atoms with E-state index in [1.165, 1.54) is 43.4 Å². The van der Waals surface area contributed by atoms with Gasteiger partial charge in [-0.05, 0) is 61.3 Å². The fourth-order valence-electron chi connectivity index (χ4n) is 6.46. The Kier molecular flexibility index (Phi) is 3.52. The van der Waals surface area contributed by atoms with Crippen molar-refractivity contribution in [3.05, 3.63) is 29.3 Å². The highest BCUT2D eigenvalue weighted by atomic mass is 35.5. The molecule has 0 aromatic heterocycles. The molecule has 4 saturated carbocycles. The summed E-state index contributed by atoms with van der Waals surface area (Å²) in [4.78, 5) is 26.8. The van der Waals surface area contributed by atoms with Crippen LogP contribution in [0, 0.1) is 17.8 Å². The number of hydrogen-bond donors (Lipinski definition) is 1. The van der Waals surface area contributed by atoms with E-state index in [2.05, 4.69) is 5.32 Å². The maximum absolute atomic E-state index is 13.0. The number of carbonyl (C=O) groups excluding carboxylic acids is 2. The van der Waals surface area contributed by atoms with Crippen LogP contribution in [0.25, 0.3) is 0 Å². The van der Waals surface area contributed by atoms with E-state index < -0.39 is 0 Å². The van der Waals surface area contributed by atoms with E-state index in [0.717, 1.165) is 17.8 Å². The first kappa shape index (κ1) is 15.8. The van der Waals surface area contributed by atoms with Gasteiger partial charge in [-0.1, -0.05) is 11.6 Å². The Balaban J connectivity index is 1.36. The van der Waals surface area contributed by atoms with Crippen LogP contribution in [0.15, 0.2) is 24.3 Å². The normalized spacial score (nSPS) is 39.5. The molecule has 1 saturated heterocycles. The largest absolute Gasteiger partial charge is 0.331 e. The lowest BCUT2D eigenvalue weighted by atomic mass is 9.53. The van der Waals surface area contributed by atoms with Crippen LogP contribution in [-0.4, -0.2) is 23.4 Å². The van der Waals surface area contributed by atoms with Gasteiger partial charge in [-0.2, -0.15) is 0 Å². The van der Waals surface area contributed by atoms with Gasteiger partial charge in [-0.3, -0.25) is 9.59 Å². The summed E-state index contributed by atoms with van der Waals surface area (Å²) in [5.41, 5.74) is 0.853. The second kappa shape index (κ2) is 5.55. The standard InChI is InChI=1S/C20H23ClN2O2/c21-15-1-3-16(4-2-15)23-18(24)8-17(19(23)25)22-20-9-12-5-13(10-20)7-14(6-12)11-20/h1-4,12-14,17,22H,5-11H2/p+1/t12?,13?,14?,17-,20?/m0/s1. The number of rotatable bonds is 3. The molecule has 6 rings (SSSR count). The number of imide groups is 1. The second-order valence-corrected chi connectivity index (χ2v) is 9.24. The molecular formula is C20H24ClN2O2+. The van der Waals surface area contributed by atoms with Crippen LogP contribution < -0.4 is 10.2 Å². The van der Waals surface area contributed by atoms with Crippen LogP contribution >= 0.6 is 11.6 Å². The molecule has 0 spiro atoms. The lowest BCUT2D eigenvalue weighted by molar-refractivity contribution is -0.755. The highest BCUT2D eigenvalue weighted by Gasteiger charge is 2.56. The average molecular weight is 360 g/mol. The Morgan fingerprint density at radius 1 is 0.960 bits per heavy atom. The van der Waals surface area contributed by atoms with Gasteiger partial charge < -0.3 is 5.32 Å². The lowest BCUT2D eigenvalue weighted by Crippen LogP contribution is -3.03. The van der Waals surface area contributed by atoms with Gasteiger partial charge in [-0.15, -0.1) is 0 Å². The third-order valence-corrected chi connectivity index (χ3v) is 7.16. The van der Waals surface area contributed by atoms with Crippen molar-refractivity contribution in [2.75, 3.05) is 4.90 Å². The molecule has 4 bridgehead atoms. The van der Waals surface area contributed by atoms with Gasteiger partial charge in [0.25, 0.3) is 5.91 Å². The van der Waals surface area contributed by atoms with E-state index >= 15 is 0 Å². The summed E-state index contributed by atoms with van der Waals surface area (Å²) < 4.78 is 0. The monoisotopic (exact) mass is 359 g/mol. The van der Waals surface area contributed by atoms with Crippen molar-refractivity contribution < 1.29 is 14.9 Å². The molecule has 0 radical (unpaired) electrons. The van der Waals surface area contributed by atoms with Gasteiger partial charge in [-0.25, -0.2) is 4.90 Å². The Bertz CT molecular complexity index is 694. The van der Waals surface area contributed by atoms with Crippen molar-refractivity contribution in [1.82, 2.24) is 0 Å². The van der Waals surface area contributed by atoms with E-state index in [9.17, 15) is 9.59 Å². The third-order valence-electron chi connectivity index (χ3n) is 6.91. The van der Waals surface area contributed by atoms with Gasteiger partial charge >= 0.3 is 0 Å². The van der Waals surface area contributed by atoms with E-state index in [1.54, 1.807) is 24.3 Å². The molecule has 1 aliphatic heterocycles. The lowest BCUT2D eigenvalue weighted by Gasteiger charge is -2.55. The summed E-state index contributed by atoms with van der Waals surface area (Å²) in [6.45, 7) is 0. The molecule has 4 nitrogen and oxygen atoms in total. The first-order valence-electron chi connectivity index (χ1n) is 9.50. The molecule has 5 aliphatic rings. The summed E-state index contributed by atoms with van der Waals surface area (Å²) in [5, 5.41) is 2.91. The van der Waals surface area contributed by atoms with E-state index in [0.29, 0.717) is 17.1 Å². The quantitative estimate of drug-likeness (QED) is 0.843. The predicted octanol–water partition coefficient (Wildman–Crippen LogP) is 2.50. The Morgan fingerprint density at radius 2 is 1.52 bits per heavy atom. The SMILES string of the molecule is O=C1C[C@H]([NH2+]C23CC4CC(CC(C4)C2)C3)C(=O)N1c1ccc(Cl)cc1. The van der Waals surface area contributed by atoms with Crippen LogP contribution in [0.4, 0.5) is 5.69 Å². The number of nitrogens with two attached hydrogens (primary N) is 1. The predicted molar refractivity (Wildman–Crippen MR) is 95.2 cm³/mol. The van der Waals surface area contributed by atoms with Crippen LogP contribution in [0.2, 0.25) is 5.02 Å². The highest BCUT2D eigenvalue weighted by molar-refractivity contribution is 6.30. The molecule has 1 aromatic rings. The number of benzene rings is 1. The molecule has 2 amide bonds. The molecule has 5 heteroatoms. The van der Waals surface area contributed by atoms with Gasteiger partial charge in [0, 0.05) is 24.3 Å². The molecule has 132 valence electrons. The van der Waals surface area contributed by atoms with E-state index in [4.69, 9.17) is 11.6 Å². The minimum absolute atomic E-state index is 0.0527. The fraction of sp³-hybridized carbons (Fsp3) is 0.600. The van der Waals surface area contributed by atoms with E-state index in [-0.39, 0.29) is 23.4 Å². The second-order valence-electron chi connectivity index (χ2n) is 8.80. The Hall–Kier alpha value is -1.39. The molecule has 1 aromatic carbocycles. The summed E-state index contributed by atoms with van der Waals surface area (Å²) in [7, 11) is 0. The maximum atomic E-state index is 13.0. The molecule has 5 fully saturated rings. The minimum Gasteiger partial charge on any atom is -0.331 e. The van der Waals surface area contributed by atoms with Crippen molar-refractivity contribution in [2.24, 2.45) is 17.8 Å². The van der Waals surface area contributed by atoms with Crippen molar-refractivity contribution in [3.63, 3.8) is 0 Å². The number of quaternary nitrogens is 1. The zero-order valence-corrected chi connectivity index (χ0v) is 15.0. The van der Waals surface area contributed by atoms with Crippen molar-refractivity contribution in [3.8, 4) is 0 Å². The minimum atomic E-state index is -0.251. The molecule has 25 heavy (non-hydrogen) atoms. The highest BCUT2D eigenvalue weighted by Crippen LogP contribution is 2.54. The average Bonchev–Trinajstić information content (AvgIpc) is 2.80. The number of nitrogens with zero attached hydrogens (tertiary/aromatic N) is 1. The molecule has 4 aliphatic carbocycles.